The number of fused-ring (bicyclic) bond motifs is 2. The van der Waals surface area contributed by atoms with E-state index in [1.54, 1.807) is 7.11 Å². The molecule has 2 aliphatic rings. The van der Waals surface area contributed by atoms with Gasteiger partial charge in [0.05, 0.1) is 18.8 Å². The van der Waals surface area contributed by atoms with Crippen LogP contribution in [0.1, 0.15) is 25.7 Å². The Kier molecular flexibility index (Phi) is 5.03. The summed E-state index contributed by atoms with van der Waals surface area (Å²) < 4.78 is 16.2. The largest absolute Gasteiger partial charge is 0.385 e. The Balaban J connectivity index is 1.43. The molecule has 3 unspecified atom stereocenters. The number of methoxy groups -OCH3 is 1. The van der Waals surface area contributed by atoms with Gasteiger partial charge in [0.2, 0.25) is 0 Å². The summed E-state index contributed by atoms with van der Waals surface area (Å²) in [6.07, 6.45) is 5.67. The maximum absolute atomic E-state index is 5.78. The van der Waals surface area contributed by atoms with Gasteiger partial charge in [-0.25, -0.2) is 0 Å². The lowest BCUT2D eigenvalue weighted by atomic mass is 9.95. The highest BCUT2D eigenvalue weighted by Gasteiger charge is 2.40. The predicted molar refractivity (Wildman–Crippen MR) is 61.6 cm³/mol. The van der Waals surface area contributed by atoms with Crippen molar-refractivity contribution >= 4 is 0 Å². The van der Waals surface area contributed by atoms with Crippen molar-refractivity contribution in [2.75, 3.05) is 33.5 Å². The van der Waals surface area contributed by atoms with Crippen LogP contribution in [0.3, 0.4) is 0 Å². The maximum atomic E-state index is 5.78. The fourth-order valence-electron chi connectivity index (χ4n) is 2.58. The predicted octanol–water partition coefficient (Wildman–Crippen LogP) is 0.949. The van der Waals surface area contributed by atoms with Gasteiger partial charge in [-0.05, 0) is 25.7 Å². The Hall–Kier alpha value is -0.160. The molecule has 2 fully saturated rings. The van der Waals surface area contributed by atoms with E-state index in [0.29, 0.717) is 18.2 Å². The first-order valence-electron chi connectivity index (χ1n) is 6.35. The second-order valence-corrected chi connectivity index (χ2v) is 4.63. The highest BCUT2D eigenvalue weighted by atomic mass is 16.5. The molecule has 2 bridgehead atoms. The molecule has 0 amide bonds. The third kappa shape index (κ3) is 3.42. The van der Waals surface area contributed by atoms with Gasteiger partial charge < -0.3 is 19.5 Å². The van der Waals surface area contributed by atoms with Gasteiger partial charge in [0.25, 0.3) is 0 Å². The molecule has 4 nitrogen and oxygen atoms in total. The van der Waals surface area contributed by atoms with Crippen LogP contribution in [0.4, 0.5) is 0 Å². The molecule has 0 saturated carbocycles. The molecular weight excluding hydrogens is 206 g/mol. The topological polar surface area (TPSA) is 39.7 Å². The highest BCUT2D eigenvalue weighted by molar-refractivity contribution is 4.93. The van der Waals surface area contributed by atoms with E-state index >= 15 is 0 Å². The molecule has 0 aromatic carbocycles. The molecule has 0 aromatic rings. The highest BCUT2D eigenvalue weighted by Crippen LogP contribution is 2.34. The lowest BCUT2D eigenvalue weighted by Gasteiger charge is -2.19. The van der Waals surface area contributed by atoms with E-state index in [0.717, 1.165) is 32.8 Å². The van der Waals surface area contributed by atoms with Crippen LogP contribution in [0.25, 0.3) is 0 Å². The Morgan fingerprint density at radius 3 is 2.88 bits per heavy atom. The zero-order valence-corrected chi connectivity index (χ0v) is 10.1. The molecule has 2 aliphatic heterocycles. The van der Waals surface area contributed by atoms with Crippen molar-refractivity contribution < 1.29 is 14.2 Å². The summed E-state index contributed by atoms with van der Waals surface area (Å²) >= 11 is 0. The van der Waals surface area contributed by atoms with E-state index in [2.05, 4.69) is 5.32 Å². The lowest BCUT2D eigenvalue weighted by Crippen LogP contribution is -2.39. The smallest absolute Gasteiger partial charge is 0.0733 e. The molecule has 4 heteroatoms. The molecule has 2 saturated heterocycles. The van der Waals surface area contributed by atoms with Gasteiger partial charge >= 0.3 is 0 Å². The van der Waals surface area contributed by atoms with Crippen molar-refractivity contribution in [2.45, 2.75) is 43.9 Å². The molecule has 2 heterocycles. The van der Waals surface area contributed by atoms with Crippen molar-refractivity contribution in [3.8, 4) is 0 Å². The van der Waals surface area contributed by atoms with Gasteiger partial charge in [-0.1, -0.05) is 0 Å². The van der Waals surface area contributed by atoms with Crippen molar-refractivity contribution in [1.29, 1.82) is 0 Å². The van der Waals surface area contributed by atoms with Crippen LogP contribution in [-0.4, -0.2) is 51.7 Å². The quantitative estimate of drug-likeness (QED) is 0.629. The summed E-state index contributed by atoms with van der Waals surface area (Å²) in [5.41, 5.74) is 0. The maximum Gasteiger partial charge on any atom is 0.0733 e. The summed E-state index contributed by atoms with van der Waals surface area (Å²) in [4.78, 5) is 0. The summed E-state index contributed by atoms with van der Waals surface area (Å²) in [6, 6.07) is 0.571. The zero-order valence-electron chi connectivity index (χ0n) is 10.1. The van der Waals surface area contributed by atoms with Crippen LogP contribution >= 0.6 is 0 Å². The number of nitrogens with one attached hydrogen (secondary N) is 1. The summed E-state index contributed by atoms with van der Waals surface area (Å²) in [5.74, 6) is 0. The van der Waals surface area contributed by atoms with Crippen molar-refractivity contribution in [2.24, 2.45) is 0 Å². The molecular formula is C12H23NO3. The molecule has 2 rings (SSSR count). The summed E-state index contributed by atoms with van der Waals surface area (Å²) in [6.45, 7) is 3.30. The molecule has 0 aromatic heterocycles. The number of hydrogen-bond donors (Lipinski definition) is 1. The average molecular weight is 229 g/mol. The Morgan fingerprint density at radius 1 is 1.25 bits per heavy atom. The minimum atomic E-state index is 0.471. The molecule has 0 radical (unpaired) electrons. The van der Waals surface area contributed by atoms with E-state index in [1.807, 2.05) is 0 Å². The van der Waals surface area contributed by atoms with Crippen molar-refractivity contribution in [3.63, 3.8) is 0 Å². The minimum Gasteiger partial charge on any atom is -0.385 e. The number of hydrogen-bond acceptors (Lipinski definition) is 4. The standard InChI is InChI=1S/C12H23NO3/c1-14-6-2-7-15-8-5-13-11-9-10-3-4-12(11)16-10/h10-13H,2-9H2,1H3. The monoisotopic (exact) mass is 229 g/mol. The van der Waals surface area contributed by atoms with Crippen molar-refractivity contribution in [1.82, 2.24) is 5.32 Å². The molecule has 0 spiro atoms. The minimum absolute atomic E-state index is 0.471. The van der Waals surface area contributed by atoms with Crippen LogP contribution in [-0.2, 0) is 14.2 Å². The fourth-order valence-corrected chi connectivity index (χ4v) is 2.58. The molecule has 94 valence electrons. The van der Waals surface area contributed by atoms with Gasteiger partial charge in [0, 0.05) is 32.9 Å². The summed E-state index contributed by atoms with van der Waals surface area (Å²) in [7, 11) is 1.72. The van der Waals surface area contributed by atoms with Gasteiger partial charge in [0.15, 0.2) is 0 Å². The van der Waals surface area contributed by atoms with E-state index in [-0.39, 0.29) is 0 Å². The third-order valence-electron chi connectivity index (χ3n) is 3.40. The van der Waals surface area contributed by atoms with Gasteiger partial charge in [-0.3, -0.25) is 0 Å². The summed E-state index contributed by atoms with van der Waals surface area (Å²) in [5, 5.41) is 3.52. The SMILES string of the molecule is COCCCOCCNC1CC2CCC1O2. The second-order valence-electron chi connectivity index (χ2n) is 4.63. The van der Waals surface area contributed by atoms with Gasteiger partial charge in [0.1, 0.15) is 0 Å². The second kappa shape index (κ2) is 6.55. The Morgan fingerprint density at radius 2 is 2.19 bits per heavy atom. The molecule has 16 heavy (non-hydrogen) atoms. The van der Waals surface area contributed by atoms with E-state index < -0.39 is 0 Å². The molecule has 3 atom stereocenters. The van der Waals surface area contributed by atoms with Crippen LogP contribution in [0.5, 0.6) is 0 Å². The van der Waals surface area contributed by atoms with E-state index in [4.69, 9.17) is 14.2 Å². The first-order chi connectivity index (χ1) is 7.90. The molecule has 1 N–H and O–H groups in total. The zero-order chi connectivity index (χ0) is 11.2. The van der Waals surface area contributed by atoms with E-state index in [9.17, 15) is 0 Å². The average Bonchev–Trinajstić information content (AvgIpc) is 2.90. The number of rotatable bonds is 8. The number of ether oxygens (including phenoxy) is 3. The molecule has 0 aliphatic carbocycles. The van der Waals surface area contributed by atoms with Gasteiger partial charge in [-0.2, -0.15) is 0 Å². The van der Waals surface area contributed by atoms with Crippen LogP contribution in [0.2, 0.25) is 0 Å². The fraction of sp³-hybridized carbons (Fsp3) is 1.00. The Bertz CT molecular complexity index is 201. The first kappa shape index (κ1) is 12.3. The van der Waals surface area contributed by atoms with Crippen LogP contribution < -0.4 is 5.32 Å². The van der Waals surface area contributed by atoms with Gasteiger partial charge in [-0.15, -0.1) is 0 Å². The first-order valence-corrected chi connectivity index (χ1v) is 6.35. The van der Waals surface area contributed by atoms with Crippen molar-refractivity contribution in [3.05, 3.63) is 0 Å². The third-order valence-corrected chi connectivity index (χ3v) is 3.40. The lowest BCUT2D eigenvalue weighted by molar-refractivity contribution is 0.0896. The normalized spacial score (nSPS) is 32.4. The van der Waals surface area contributed by atoms with Crippen LogP contribution in [0, 0.1) is 0 Å². The van der Waals surface area contributed by atoms with Crippen LogP contribution in [0.15, 0.2) is 0 Å². The van der Waals surface area contributed by atoms with E-state index in [1.165, 1.54) is 19.3 Å². The Labute approximate surface area is 97.6 Å².